The molecule has 3 rings (SSSR count). The lowest BCUT2D eigenvalue weighted by molar-refractivity contribution is 0.581. The Morgan fingerprint density at radius 3 is 2.52 bits per heavy atom. The molecule has 21 heavy (non-hydrogen) atoms. The number of sulfonamides is 1. The first-order chi connectivity index (χ1) is 10.0. The number of nitrogens with one attached hydrogen (secondary N) is 2. The summed E-state index contributed by atoms with van der Waals surface area (Å²) in [4.78, 5) is 0.217. The summed E-state index contributed by atoms with van der Waals surface area (Å²) >= 11 is 5.77. The van der Waals surface area contributed by atoms with Gasteiger partial charge in [-0.2, -0.15) is 0 Å². The molecule has 0 saturated heterocycles. The summed E-state index contributed by atoms with van der Waals surface area (Å²) in [5.41, 5.74) is 3.47. The normalized spacial score (nSPS) is 14.1. The van der Waals surface area contributed by atoms with Gasteiger partial charge in [-0.05, 0) is 41.0 Å². The molecule has 0 atom stereocenters. The fourth-order valence-electron chi connectivity index (χ4n) is 2.33. The van der Waals surface area contributed by atoms with Gasteiger partial charge in [0.1, 0.15) is 0 Å². The molecule has 0 aromatic heterocycles. The molecule has 0 amide bonds. The quantitative estimate of drug-likeness (QED) is 0.909. The Morgan fingerprint density at radius 1 is 1.05 bits per heavy atom. The van der Waals surface area contributed by atoms with Crippen molar-refractivity contribution in [2.45, 2.75) is 24.5 Å². The maximum atomic E-state index is 12.2. The van der Waals surface area contributed by atoms with Gasteiger partial charge in [0.25, 0.3) is 0 Å². The van der Waals surface area contributed by atoms with Crippen LogP contribution in [-0.2, 0) is 29.7 Å². The van der Waals surface area contributed by atoms with Crippen molar-refractivity contribution in [1.82, 2.24) is 10.0 Å². The van der Waals surface area contributed by atoms with Gasteiger partial charge in [0, 0.05) is 24.7 Å². The summed E-state index contributed by atoms with van der Waals surface area (Å²) < 4.78 is 27.0. The van der Waals surface area contributed by atoms with Gasteiger partial charge in [0.2, 0.25) is 10.0 Å². The molecule has 110 valence electrons. The lowest BCUT2D eigenvalue weighted by Crippen LogP contribution is -2.23. The van der Waals surface area contributed by atoms with E-state index in [1.54, 1.807) is 12.1 Å². The van der Waals surface area contributed by atoms with Crippen molar-refractivity contribution >= 4 is 21.6 Å². The van der Waals surface area contributed by atoms with Crippen LogP contribution in [0.3, 0.4) is 0 Å². The van der Waals surface area contributed by atoms with Crippen molar-refractivity contribution in [1.29, 1.82) is 0 Å². The topological polar surface area (TPSA) is 58.2 Å². The lowest BCUT2D eigenvalue weighted by Gasteiger charge is -2.08. The van der Waals surface area contributed by atoms with Gasteiger partial charge in [0.05, 0.1) is 4.90 Å². The predicted octanol–water partition coefficient (Wildman–Crippen LogP) is 2.42. The minimum Gasteiger partial charge on any atom is -0.309 e. The standard InChI is InChI=1S/C15H15ClN2O2S/c16-14-3-5-15(6-4-14)21(19,20)18-8-11-1-2-12-9-17-10-13(12)7-11/h1-7,17-18H,8-10H2. The Balaban J connectivity index is 1.73. The van der Waals surface area contributed by atoms with Gasteiger partial charge >= 0.3 is 0 Å². The summed E-state index contributed by atoms with van der Waals surface area (Å²) in [6.07, 6.45) is 0. The van der Waals surface area contributed by atoms with E-state index in [0.29, 0.717) is 5.02 Å². The van der Waals surface area contributed by atoms with Crippen LogP contribution >= 0.6 is 11.6 Å². The number of halogens is 1. The smallest absolute Gasteiger partial charge is 0.240 e. The number of fused-ring (bicyclic) bond motifs is 1. The van der Waals surface area contributed by atoms with Crippen LogP contribution in [0.25, 0.3) is 0 Å². The van der Waals surface area contributed by atoms with E-state index < -0.39 is 10.0 Å². The third-order valence-corrected chi connectivity index (χ3v) is 5.16. The fraction of sp³-hybridized carbons (Fsp3) is 0.200. The van der Waals surface area contributed by atoms with E-state index in [4.69, 9.17) is 11.6 Å². The van der Waals surface area contributed by atoms with E-state index in [1.165, 1.54) is 23.3 Å². The molecule has 1 aliphatic rings. The van der Waals surface area contributed by atoms with Gasteiger partial charge in [0.15, 0.2) is 0 Å². The molecule has 4 nitrogen and oxygen atoms in total. The molecular weight excluding hydrogens is 308 g/mol. The van der Waals surface area contributed by atoms with Gasteiger partial charge in [-0.3, -0.25) is 0 Å². The van der Waals surface area contributed by atoms with Gasteiger partial charge < -0.3 is 5.32 Å². The molecule has 0 fully saturated rings. The number of hydrogen-bond donors (Lipinski definition) is 2. The Kier molecular flexibility index (Phi) is 3.99. The molecule has 0 unspecified atom stereocenters. The first kappa shape index (κ1) is 14.5. The van der Waals surface area contributed by atoms with E-state index >= 15 is 0 Å². The van der Waals surface area contributed by atoms with E-state index in [2.05, 4.69) is 10.0 Å². The second-order valence-corrected chi connectivity index (χ2v) is 7.19. The van der Waals surface area contributed by atoms with E-state index in [0.717, 1.165) is 18.7 Å². The first-order valence-electron chi connectivity index (χ1n) is 6.61. The van der Waals surface area contributed by atoms with Crippen LogP contribution in [0.5, 0.6) is 0 Å². The van der Waals surface area contributed by atoms with Gasteiger partial charge in [-0.25, -0.2) is 13.1 Å². The van der Waals surface area contributed by atoms with Crippen molar-refractivity contribution in [2.24, 2.45) is 0 Å². The average molecular weight is 323 g/mol. The molecule has 2 aromatic carbocycles. The number of rotatable bonds is 4. The minimum atomic E-state index is -3.51. The second-order valence-electron chi connectivity index (χ2n) is 4.99. The molecule has 0 bridgehead atoms. The highest BCUT2D eigenvalue weighted by Crippen LogP contribution is 2.18. The van der Waals surface area contributed by atoms with Crippen molar-refractivity contribution in [3.8, 4) is 0 Å². The average Bonchev–Trinajstić information content (AvgIpc) is 2.93. The molecule has 0 spiro atoms. The van der Waals surface area contributed by atoms with Crippen LogP contribution in [0.1, 0.15) is 16.7 Å². The number of benzene rings is 2. The molecule has 0 aliphatic carbocycles. The third-order valence-electron chi connectivity index (χ3n) is 3.49. The lowest BCUT2D eigenvalue weighted by atomic mass is 10.1. The third kappa shape index (κ3) is 3.27. The summed E-state index contributed by atoms with van der Waals surface area (Å²) in [6.45, 7) is 2.00. The first-order valence-corrected chi connectivity index (χ1v) is 8.47. The Labute approximate surface area is 129 Å². The molecule has 0 radical (unpaired) electrons. The van der Waals surface area contributed by atoms with Gasteiger partial charge in [-0.1, -0.05) is 29.8 Å². The number of hydrogen-bond acceptors (Lipinski definition) is 3. The summed E-state index contributed by atoms with van der Waals surface area (Å²) in [6, 6.07) is 12.2. The van der Waals surface area contributed by atoms with Crippen LogP contribution in [0.2, 0.25) is 5.02 Å². The zero-order chi connectivity index (χ0) is 14.9. The summed E-state index contributed by atoms with van der Waals surface area (Å²) in [7, 11) is -3.51. The summed E-state index contributed by atoms with van der Waals surface area (Å²) in [5, 5.41) is 3.78. The highest BCUT2D eigenvalue weighted by atomic mass is 35.5. The highest BCUT2D eigenvalue weighted by Gasteiger charge is 2.15. The molecule has 0 saturated carbocycles. The molecule has 1 heterocycles. The molecular formula is C15H15ClN2O2S. The van der Waals surface area contributed by atoms with Crippen molar-refractivity contribution < 1.29 is 8.42 Å². The maximum absolute atomic E-state index is 12.2. The van der Waals surface area contributed by atoms with Gasteiger partial charge in [-0.15, -0.1) is 0 Å². The minimum absolute atomic E-state index is 0.217. The van der Waals surface area contributed by atoms with Crippen LogP contribution in [0.15, 0.2) is 47.4 Å². The largest absolute Gasteiger partial charge is 0.309 e. The Hall–Kier alpha value is -1.40. The Bertz CT molecular complexity index is 758. The Morgan fingerprint density at radius 2 is 1.76 bits per heavy atom. The highest BCUT2D eigenvalue weighted by molar-refractivity contribution is 7.89. The molecule has 1 aliphatic heterocycles. The van der Waals surface area contributed by atoms with E-state index in [9.17, 15) is 8.42 Å². The van der Waals surface area contributed by atoms with E-state index in [-0.39, 0.29) is 11.4 Å². The van der Waals surface area contributed by atoms with E-state index in [1.807, 2.05) is 18.2 Å². The molecule has 6 heteroatoms. The molecule has 2 aromatic rings. The fourth-order valence-corrected chi connectivity index (χ4v) is 3.48. The summed E-state index contributed by atoms with van der Waals surface area (Å²) in [5.74, 6) is 0. The second kappa shape index (κ2) is 5.77. The van der Waals surface area contributed by atoms with Crippen molar-refractivity contribution in [3.05, 3.63) is 64.2 Å². The zero-order valence-electron chi connectivity index (χ0n) is 11.3. The molecule has 2 N–H and O–H groups in total. The van der Waals surface area contributed by atoms with Crippen LogP contribution in [0.4, 0.5) is 0 Å². The van der Waals surface area contributed by atoms with Crippen molar-refractivity contribution in [2.75, 3.05) is 0 Å². The van der Waals surface area contributed by atoms with Crippen molar-refractivity contribution in [3.63, 3.8) is 0 Å². The predicted molar refractivity (Wildman–Crippen MR) is 82.5 cm³/mol. The zero-order valence-corrected chi connectivity index (χ0v) is 12.8. The maximum Gasteiger partial charge on any atom is 0.240 e. The van der Waals surface area contributed by atoms with Crippen LogP contribution < -0.4 is 10.0 Å². The van der Waals surface area contributed by atoms with Crippen LogP contribution in [0, 0.1) is 0 Å². The van der Waals surface area contributed by atoms with Crippen LogP contribution in [-0.4, -0.2) is 8.42 Å². The SMILES string of the molecule is O=S(=O)(NCc1ccc2c(c1)CNC2)c1ccc(Cl)cc1. The monoisotopic (exact) mass is 322 g/mol.